The van der Waals surface area contributed by atoms with Gasteiger partial charge < -0.3 is 14.4 Å². The lowest BCUT2D eigenvalue weighted by Gasteiger charge is -2.26. The Morgan fingerprint density at radius 1 is 1.27 bits per heavy atom. The van der Waals surface area contributed by atoms with Gasteiger partial charge in [-0.1, -0.05) is 0 Å². The van der Waals surface area contributed by atoms with Crippen molar-refractivity contribution in [1.82, 2.24) is 4.90 Å². The molecule has 0 saturated carbocycles. The molecule has 120 valence electrons. The number of benzene rings is 1. The summed E-state index contributed by atoms with van der Waals surface area (Å²) < 4.78 is 10.5. The molecule has 0 unspecified atom stereocenters. The molecule has 0 aliphatic carbocycles. The summed E-state index contributed by atoms with van der Waals surface area (Å²) in [4.78, 5) is 26.1. The highest BCUT2D eigenvalue weighted by atomic mass is 32.2. The van der Waals surface area contributed by atoms with E-state index in [0.29, 0.717) is 18.8 Å². The van der Waals surface area contributed by atoms with Crippen LogP contribution in [0.2, 0.25) is 0 Å². The Morgan fingerprint density at radius 2 is 2.00 bits per heavy atom. The van der Waals surface area contributed by atoms with Crippen LogP contribution in [-0.2, 0) is 16.1 Å². The van der Waals surface area contributed by atoms with Crippen molar-refractivity contribution in [3.8, 4) is 5.75 Å². The van der Waals surface area contributed by atoms with Gasteiger partial charge in [-0.15, -0.1) is 11.8 Å². The van der Waals surface area contributed by atoms with Gasteiger partial charge in [-0.3, -0.25) is 4.79 Å². The third-order valence-corrected chi connectivity index (χ3v) is 4.02. The van der Waals surface area contributed by atoms with Crippen LogP contribution < -0.4 is 4.74 Å². The Bertz CT molecular complexity index is 580. The van der Waals surface area contributed by atoms with Crippen LogP contribution in [0.15, 0.2) is 23.1 Å². The molecule has 0 saturated heterocycles. The second-order valence-corrected chi connectivity index (χ2v) is 7.25. The molecule has 0 N–H and O–H groups in total. The van der Waals surface area contributed by atoms with Crippen LogP contribution in [0.25, 0.3) is 0 Å². The van der Waals surface area contributed by atoms with Crippen LogP contribution >= 0.6 is 11.8 Å². The first kappa shape index (κ1) is 16.7. The number of fused-ring (bicyclic) bond motifs is 1. The highest BCUT2D eigenvalue weighted by molar-refractivity contribution is 7.99. The number of hydrogen-bond donors (Lipinski definition) is 0. The molecule has 2 rings (SSSR count). The lowest BCUT2D eigenvalue weighted by atomic mass is 10.2. The molecule has 1 amide bonds. The molecule has 1 aromatic carbocycles. The van der Waals surface area contributed by atoms with Gasteiger partial charge in [-0.25, -0.2) is 4.79 Å². The van der Waals surface area contributed by atoms with Gasteiger partial charge in [0, 0.05) is 24.1 Å². The summed E-state index contributed by atoms with van der Waals surface area (Å²) in [5, 5.41) is 0. The average molecular weight is 323 g/mol. The summed E-state index contributed by atoms with van der Waals surface area (Å²) in [6, 6.07) is 5.51. The monoisotopic (exact) mass is 323 g/mol. The third kappa shape index (κ3) is 4.66. The van der Waals surface area contributed by atoms with Crippen LogP contribution in [0.1, 0.15) is 33.3 Å². The Hall–Kier alpha value is -1.69. The van der Waals surface area contributed by atoms with Gasteiger partial charge in [-0.2, -0.15) is 0 Å². The van der Waals surface area contributed by atoms with Gasteiger partial charge >= 0.3 is 12.1 Å². The fourth-order valence-corrected chi connectivity index (χ4v) is 3.09. The van der Waals surface area contributed by atoms with E-state index < -0.39 is 5.60 Å². The number of thioether (sulfide) groups is 1. The summed E-state index contributed by atoms with van der Waals surface area (Å²) in [5.74, 6) is 0.946. The minimum Gasteiger partial charge on any atom is -0.444 e. The Morgan fingerprint density at radius 3 is 2.64 bits per heavy atom. The maximum atomic E-state index is 12.2. The second kappa shape index (κ2) is 6.60. The SMILES string of the molecule is CC(=O)Oc1ccc2c(c1)CN(C(=O)OC(C)(C)C)CCS2. The van der Waals surface area contributed by atoms with Crippen LogP contribution in [0.5, 0.6) is 5.75 Å². The highest BCUT2D eigenvalue weighted by Crippen LogP contribution is 2.31. The zero-order valence-electron chi connectivity index (χ0n) is 13.3. The summed E-state index contributed by atoms with van der Waals surface area (Å²) >= 11 is 1.69. The molecule has 0 aromatic heterocycles. The van der Waals surface area contributed by atoms with Crippen LogP contribution in [0.3, 0.4) is 0 Å². The van der Waals surface area contributed by atoms with E-state index in [0.717, 1.165) is 16.2 Å². The maximum absolute atomic E-state index is 12.2. The van der Waals surface area contributed by atoms with E-state index in [4.69, 9.17) is 9.47 Å². The zero-order valence-corrected chi connectivity index (χ0v) is 14.2. The van der Waals surface area contributed by atoms with Crippen molar-refractivity contribution in [2.75, 3.05) is 12.3 Å². The molecule has 1 heterocycles. The zero-order chi connectivity index (χ0) is 16.3. The quantitative estimate of drug-likeness (QED) is 0.585. The molecular weight excluding hydrogens is 302 g/mol. The minimum absolute atomic E-state index is 0.321. The van der Waals surface area contributed by atoms with E-state index >= 15 is 0 Å². The summed E-state index contributed by atoms with van der Waals surface area (Å²) in [7, 11) is 0. The van der Waals surface area contributed by atoms with E-state index in [9.17, 15) is 9.59 Å². The van der Waals surface area contributed by atoms with E-state index in [1.807, 2.05) is 32.9 Å². The average Bonchev–Trinajstić information content (AvgIpc) is 2.57. The molecule has 0 radical (unpaired) electrons. The number of carbonyl (C=O) groups is 2. The molecule has 0 atom stereocenters. The molecule has 0 spiro atoms. The summed E-state index contributed by atoms with van der Waals surface area (Å²) in [6.45, 7) is 8.00. The molecule has 1 aromatic rings. The van der Waals surface area contributed by atoms with E-state index in [1.54, 1.807) is 22.7 Å². The van der Waals surface area contributed by atoms with Gasteiger partial charge in [0.2, 0.25) is 0 Å². The Balaban J connectivity index is 2.17. The van der Waals surface area contributed by atoms with Gasteiger partial charge in [0.25, 0.3) is 0 Å². The molecule has 6 heteroatoms. The van der Waals surface area contributed by atoms with E-state index in [-0.39, 0.29) is 12.1 Å². The van der Waals surface area contributed by atoms with Crippen LogP contribution in [-0.4, -0.2) is 34.9 Å². The summed E-state index contributed by atoms with van der Waals surface area (Å²) in [6.07, 6.45) is -0.321. The molecule has 1 aliphatic rings. The van der Waals surface area contributed by atoms with Crippen molar-refractivity contribution in [1.29, 1.82) is 0 Å². The minimum atomic E-state index is -0.515. The Labute approximate surface area is 135 Å². The lowest BCUT2D eigenvalue weighted by molar-refractivity contribution is -0.131. The van der Waals surface area contributed by atoms with Crippen molar-refractivity contribution in [3.63, 3.8) is 0 Å². The third-order valence-electron chi connectivity index (χ3n) is 2.93. The number of esters is 1. The Kier molecular flexibility index (Phi) is 5.01. The molecule has 0 fully saturated rings. The van der Waals surface area contributed by atoms with Crippen molar-refractivity contribution >= 4 is 23.8 Å². The first-order valence-electron chi connectivity index (χ1n) is 7.17. The molecule has 0 bridgehead atoms. The van der Waals surface area contributed by atoms with Crippen molar-refractivity contribution < 1.29 is 19.1 Å². The first-order chi connectivity index (χ1) is 10.2. The van der Waals surface area contributed by atoms with Gasteiger partial charge in [-0.05, 0) is 44.5 Å². The lowest BCUT2D eigenvalue weighted by Crippen LogP contribution is -2.37. The number of carbonyl (C=O) groups excluding carboxylic acids is 2. The predicted molar refractivity (Wildman–Crippen MR) is 85.1 cm³/mol. The van der Waals surface area contributed by atoms with Crippen LogP contribution in [0.4, 0.5) is 4.79 Å². The van der Waals surface area contributed by atoms with E-state index in [2.05, 4.69) is 0 Å². The van der Waals surface area contributed by atoms with Crippen LogP contribution in [0, 0.1) is 0 Å². The van der Waals surface area contributed by atoms with Gasteiger partial charge in [0.05, 0.1) is 6.54 Å². The molecule has 1 aliphatic heterocycles. The molecule has 5 nitrogen and oxygen atoms in total. The number of rotatable bonds is 1. The van der Waals surface area contributed by atoms with Crippen molar-refractivity contribution in [2.45, 2.75) is 44.7 Å². The number of nitrogens with zero attached hydrogens (tertiary/aromatic N) is 1. The van der Waals surface area contributed by atoms with Gasteiger partial charge in [0.15, 0.2) is 0 Å². The molecular formula is C16H21NO4S. The highest BCUT2D eigenvalue weighted by Gasteiger charge is 2.25. The smallest absolute Gasteiger partial charge is 0.410 e. The fraction of sp³-hybridized carbons (Fsp3) is 0.500. The largest absolute Gasteiger partial charge is 0.444 e. The number of ether oxygens (including phenoxy) is 2. The van der Waals surface area contributed by atoms with Gasteiger partial charge in [0.1, 0.15) is 11.4 Å². The van der Waals surface area contributed by atoms with E-state index in [1.165, 1.54) is 6.92 Å². The molecule has 22 heavy (non-hydrogen) atoms. The van der Waals surface area contributed by atoms with Crippen molar-refractivity contribution in [3.05, 3.63) is 23.8 Å². The maximum Gasteiger partial charge on any atom is 0.410 e. The van der Waals surface area contributed by atoms with Crippen molar-refractivity contribution in [2.24, 2.45) is 0 Å². The topological polar surface area (TPSA) is 55.8 Å². The fourth-order valence-electron chi connectivity index (χ4n) is 2.08. The number of hydrogen-bond acceptors (Lipinski definition) is 5. The summed E-state index contributed by atoms with van der Waals surface area (Å²) in [5.41, 5.74) is 0.450. The number of amides is 1. The normalized spacial score (nSPS) is 14.8. The first-order valence-corrected chi connectivity index (χ1v) is 8.15. The second-order valence-electron chi connectivity index (χ2n) is 6.11. The standard InChI is InChI=1S/C16H21NO4S/c1-11(18)20-13-5-6-14-12(9-13)10-17(7-8-22-14)15(19)21-16(2,3)4/h5-6,9H,7-8,10H2,1-4H3. The predicted octanol–water partition coefficient (Wildman–Crippen LogP) is 3.45.